The zero-order valence-electron chi connectivity index (χ0n) is 14.3. The third-order valence-electron chi connectivity index (χ3n) is 2.96. The van der Waals surface area contributed by atoms with Crippen LogP contribution >= 0.6 is 0 Å². The summed E-state index contributed by atoms with van der Waals surface area (Å²) in [6.07, 6.45) is 3.63. The van der Waals surface area contributed by atoms with Crippen LogP contribution in [0.1, 0.15) is 0 Å². The summed E-state index contributed by atoms with van der Waals surface area (Å²) in [7, 11) is -13.4. The molecule has 0 unspecified atom stereocenters. The van der Waals surface area contributed by atoms with Crippen LogP contribution in [0.25, 0.3) is 4.13 Å². The van der Waals surface area contributed by atoms with Crippen LogP contribution in [-0.4, -0.2) is 81.9 Å². The van der Waals surface area contributed by atoms with Crippen molar-refractivity contribution in [2.75, 3.05) is 39.4 Å². The van der Waals surface area contributed by atoms with Crippen LogP contribution in [-0.2, 0) is 20.0 Å². The molecule has 16 heteroatoms. The molecule has 0 aliphatic carbocycles. The summed E-state index contributed by atoms with van der Waals surface area (Å²) in [4.78, 5) is 0. The van der Waals surface area contributed by atoms with Crippen molar-refractivity contribution < 1.29 is 57.9 Å². The van der Waals surface area contributed by atoms with E-state index < -0.39 is 31.1 Å². The van der Waals surface area contributed by atoms with Gasteiger partial charge in [-0.15, -0.1) is 0 Å². The van der Waals surface area contributed by atoms with Crippen molar-refractivity contribution in [1.29, 1.82) is 0 Å². The molecule has 28 heavy (non-hydrogen) atoms. The number of quaternary nitrogens is 1. The molecule has 168 valence electrons. The summed E-state index contributed by atoms with van der Waals surface area (Å²) in [5.74, 6) is 0. The van der Waals surface area contributed by atoms with Gasteiger partial charge in [-0.1, -0.05) is 13.2 Å². The Hall–Kier alpha value is -1.20. The van der Waals surface area contributed by atoms with Gasteiger partial charge in [-0.3, -0.25) is 0 Å². The Morgan fingerprint density at radius 2 is 1.07 bits per heavy atom. The van der Waals surface area contributed by atoms with Gasteiger partial charge < -0.3 is 18.8 Å². The van der Waals surface area contributed by atoms with Gasteiger partial charge in [0, 0.05) is 0 Å². The lowest BCUT2D eigenvalue weighted by Crippen LogP contribution is -2.51. The highest BCUT2D eigenvalue weighted by atomic mass is 32.3. The molecule has 0 saturated heterocycles. The monoisotopic (exact) mass is 466 g/mol. The fourth-order valence-corrected chi connectivity index (χ4v) is 3.45. The maximum absolute atomic E-state index is 11.4. The summed E-state index contributed by atoms with van der Waals surface area (Å²) < 4.78 is 110. The molecule has 0 bridgehead atoms. The topological polar surface area (TPSA) is 123 Å². The van der Waals surface area contributed by atoms with E-state index in [1.807, 2.05) is 12.2 Å². The largest absolute Gasteiger partial charge is 0.480 e. The number of hydrogen-bond donors (Lipinski definition) is 2. The highest BCUT2D eigenvalue weighted by Gasteiger charge is 2.46. The molecule has 0 amide bonds. The Balaban J connectivity index is 0. The second kappa shape index (κ2) is 11.1. The first kappa shape index (κ1) is 29.0. The highest BCUT2D eigenvalue weighted by Crippen LogP contribution is 2.36. The number of sulfonamides is 2. The average Bonchev–Trinajstić information content (AvgIpc) is 2.45. The molecule has 0 aromatic heterocycles. The van der Waals surface area contributed by atoms with Gasteiger partial charge in [0.05, 0.1) is 26.3 Å². The van der Waals surface area contributed by atoms with Crippen LogP contribution in [0.15, 0.2) is 25.3 Å². The third-order valence-corrected chi connectivity index (χ3v) is 5.70. The smallest absolute Gasteiger partial charge is 0.421 e. The van der Waals surface area contributed by atoms with Crippen molar-refractivity contribution in [3.63, 3.8) is 0 Å². The summed E-state index contributed by atoms with van der Waals surface area (Å²) in [5, 5.41) is 17.8. The fourth-order valence-electron chi connectivity index (χ4n) is 1.74. The average molecular weight is 466 g/mol. The van der Waals surface area contributed by atoms with Gasteiger partial charge >= 0.3 is 11.0 Å². The van der Waals surface area contributed by atoms with Crippen molar-refractivity contribution in [2.45, 2.75) is 11.0 Å². The number of rotatable bonds is 10. The first-order chi connectivity index (χ1) is 12.4. The van der Waals surface area contributed by atoms with Crippen molar-refractivity contribution in [1.82, 2.24) is 0 Å². The molecule has 0 saturated carbocycles. The van der Waals surface area contributed by atoms with Gasteiger partial charge in [-0.25, -0.2) is 16.8 Å². The van der Waals surface area contributed by atoms with E-state index in [0.717, 1.165) is 17.2 Å². The van der Waals surface area contributed by atoms with Crippen LogP contribution in [0, 0.1) is 0 Å². The Labute approximate surface area is 158 Å². The van der Waals surface area contributed by atoms with Crippen LogP contribution < -0.4 is 0 Å². The molecule has 8 nitrogen and oxygen atoms in total. The van der Waals surface area contributed by atoms with Crippen LogP contribution in [0.4, 0.5) is 26.3 Å². The molecular weight excluding hydrogens is 446 g/mol. The van der Waals surface area contributed by atoms with Gasteiger partial charge in [0.25, 0.3) is 0 Å². The second-order valence-electron chi connectivity index (χ2n) is 5.09. The minimum atomic E-state index is -6.72. The minimum absolute atomic E-state index is 0.127. The standard InChI is InChI=1S/C10H20NO2.C2F6NO4S2/c1-3-5-11(6-4-2,7-9-12)8-10-13;3-1(4,5)14(10,11)9-15(12,13)2(6,7)8/h3-4,12-13H,1-2,5-10H2;/q+1;-1. The molecule has 0 spiro atoms. The molecule has 2 N–H and O–H groups in total. The first-order valence-corrected chi connectivity index (χ1v) is 9.98. The first-order valence-electron chi connectivity index (χ1n) is 7.10. The molecule has 0 heterocycles. The fraction of sp³-hybridized carbons (Fsp3) is 0.667. The number of halogens is 6. The lowest BCUT2D eigenvalue weighted by Gasteiger charge is -2.35. The van der Waals surface area contributed by atoms with E-state index in [2.05, 4.69) is 13.2 Å². The van der Waals surface area contributed by atoms with Crippen LogP contribution in [0.2, 0.25) is 0 Å². The van der Waals surface area contributed by atoms with Gasteiger partial charge in [-0.05, 0) is 12.2 Å². The lowest BCUT2D eigenvalue weighted by atomic mass is 10.3. The Kier molecular flexibility index (Phi) is 11.5. The summed E-state index contributed by atoms with van der Waals surface area (Å²) in [5.41, 5.74) is -12.4. The van der Waals surface area contributed by atoms with E-state index in [1.54, 1.807) is 0 Å². The third kappa shape index (κ3) is 9.33. The molecule has 0 aliphatic rings. The molecule has 0 atom stereocenters. The van der Waals surface area contributed by atoms with Crippen molar-refractivity contribution in [2.24, 2.45) is 0 Å². The van der Waals surface area contributed by atoms with Gasteiger partial charge in [0.1, 0.15) is 13.1 Å². The van der Waals surface area contributed by atoms with E-state index in [1.165, 1.54) is 0 Å². The molecular formula is C12H20F6N2O6S2. The molecule has 0 rings (SSSR count). The van der Waals surface area contributed by atoms with Gasteiger partial charge in [0.15, 0.2) is 20.0 Å². The second-order valence-corrected chi connectivity index (χ2v) is 8.52. The number of aliphatic hydroxyl groups is 2. The Morgan fingerprint density at radius 3 is 1.25 bits per heavy atom. The zero-order chi connectivity index (χ0) is 22.9. The van der Waals surface area contributed by atoms with Crippen molar-refractivity contribution >= 4 is 20.0 Å². The zero-order valence-corrected chi connectivity index (χ0v) is 16.0. The maximum atomic E-state index is 11.4. The summed E-state index contributed by atoms with van der Waals surface area (Å²) in [6.45, 7) is 10.4. The van der Waals surface area contributed by atoms with Crippen molar-refractivity contribution in [3.8, 4) is 0 Å². The molecule has 0 aromatic rings. The summed E-state index contributed by atoms with van der Waals surface area (Å²) in [6, 6.07) is 0. The van der Waals surface area contributed by atoms with E-state index in [-0.39, 0.29) is 13.2 Å². The predicted molar refractivity (Wildman–Crippen MR) is 87.6 cm³/mol. The van der Waals surface area contributed by atoms with E-state index in [4.69, 9.17) is 10.2 Å². The van der Waals surface area contributed by atoms with Crippen molar-refractivity contribution in [3.05, 3.63) is 29.4 Å². The van der Waals surface area contributed by atoms with Gasteiger partial charge in [-0.2, -0.15) is 26.3 Å². The highest BCUT2D eigenvalue weighted by molar-refractivity contribution is 8.13. The van der Waals surface area contributed by atoms with E-state index in [9.17, 15) is 43.2 Å². The molecule has 0 radical (unpaired) electrons. The normalized spacial score (nSPS) is 13.4. The molecule has 0 fully saturated rings. The number of hydrogen-bond acceptors (Lipinski definition) is 6. The number of nitrogens with zero attached hydrogens (tertiary/aromatic N) is 2. The maximum Gasteiger partial charge on any atom is 0.480 e. The Morgan fingerprint density at radius 1 is 0.786 bits per heavy atom. The Bertz CT molecular complexity index is 643. The van der Waals surface area contributed by atoms with E-state index in [0.29, 0.717) is 17.6 Å². The van der Waals surface area contributed by atoms with Gasteiger partial charge in [0.2, 0.25) is 0 Å². The minimum Gasteiger partial charge on any atom is -0.421 e. The van der Waals surface area contributed by atoms with Crippen LogP contribution in [0.3, 0.4) is 0 Å². The SMILES string of the molecule is C=CC[N+](CC=C)(CCO)CCO.O=S(=O)([N-]S(=O)(=O)C(F)(F)F)C(F)(F)F. The number of alkyl halides is 6. The predicted octanol–water partition coefficient (Wildman–Crippen LogP) is 1.22. The molecule has 0 aromatic carbocycles. The lowest BCUT2D eigenvalue weighted by molar-refractivity contribution is -0.917. The number of aliphatic hydroxyl groups excluding tert-OH is 2. The molecule has 0 aliphatic heterocycles. The van der Waals surface area contributed by atoms with Crippen LogP contribution in [0.5, 0.6) is 0 Å². The van der Waals surface area contributed by atoms with E-state index >= 15 is 0 Å². The summed E-state index contributed by atoms with van der Waals surface area (Å²) >= 11 is 0. The quantitative estimate of drug-likeness (QED) is 0.284.